The van der Waals surface area contributed by atoms with Gasteiger partial charge >= 0.3 is 6.03 Å². The normalized spacial score (nSPS) is 22.5. The van der Waals surface area contributed by atoms with Gasteiger partial charge in [-0.05, 0) is 119 Å². The fourth-order valence-electron chi connectivity index (χ4n) is 8.86. The Balaban J connectivity index is 1.07. The third kappa shape index (κ3) is 9.39. The number of carbonyl (C=O) groups excluding carboxylic acids is 3. The number of aldehydes is 1. The SMILES string of the molecule is CNC(=O)N(CCC=O)C(=N)c1ccc(C2CCN(C(C)c3cccc(SN4CCC(Nc5ncc(C6(C(C)=O)CC6)c(C)n5)C(F)C4)c3)C(C(C)C)C2)cc1NC. The third-order valence-corrected chi connectivity index (χ3v) is 13.6. The first-order valence-corrected chi connectivity index (χ1v) is 21.4. The molecule has 14 heteroatoms. The minimum absolute atomic E-state index is 0.0494. The molecular formula is C44H60FN9O3S. The van der Waals surface area contributed by atoms with Crippen LogP contribution in [0.25, 0.3) is 0 Å². The molecule has 2 saturated heterocycles. The van der Waals surface area contributed by atoms with Gasteiger partial charge in [-0.3, -0.25) is 20.0 Å². The molecule has 3 heterocycles. The molecule has 312 valence electrons. The van der Waals surface area contributed by atoms with Gasteiger partial charge in [0.15, 0.2) is 0 Å². The highest BCUT2D eigenvalue weighted by atomic mass is 32.2. The first kappa shape index (κ1) is 43.2. The number of rotatable bonds is 15. The summed E-state index contributed by atoms with van der Waals surface area (Å²) in [5.74, 6) is 1.38. The number of anilines is 2. The topological polar surface area (TPSA) is 147 Å². The summed E-state index contributed by atoms with van der Waals surface area (Å²) in [6, 6.07) is 14.5. The Bertz CT molecular complexity index is 1980. The molecule has 5 atom stereocenters. The van der Waals surface area contributed by atoms with E-state index < -0.39 is 17.6 Å². The summed E-state index contributed by atoms with van der Waals surface area (Å²) in [7, 11) is 3.35. The Morgan fingerprint density at radius 1 is 1.12 bits per heavy atom. The van der Waals surface area contributed by atoms with E-state index in [0.717, 1.165) is 66.9 Å². The summed E-state index contributed by atoms with van der Waals surface area (Å²) in [6.45, 7) is 12.5. The summed E-state index contributed by atoms with van der Waals surface area (Å²) in [4.78, 5) is 50.0. The molecule has 12 nitrogen and oxygen atoms in total. The number of aryl methyl sites for hydroxylation is 1. The highest BCUT2D eigenvalue weighted by Gasteiger charge is 2.50. The Hall–Kier alpha value is -4.40. The number of urea groups is 1. The minimum atomic E-state index is -1.09. The van der Waals surface area contributed by atoms with E-state index >= 15 is 4.39 Å². The van der Waals surface area contributed by atoms with Crippen LogP contribution in [-0.4, -0.2) is 107 Å². The van der Waals surface area contributed by atoms with Crippen LogP contribution in [0.5, 0.6) is 0 Å². The van der Waals surface area contributed by atoms with Crippen LogP contribution in [0.4, 0.5) is 20.8 Å². The van der Waals surface area contributed by atoms with Gasteiger partial charge in [0.2, 0.25) is 5.95 Å². The van der Waals surface area contributed by atoms with Crippen molar-refractivity contribution in [3.05, 3.63) is 76.6 Å². The number of ketones is 1. The van der Waals surface area contributed by atoms with Crippen molar-refractivity contribution in [2.24, 2.45) is 5.92 Å². The number of aromatic nitrogens is 2. The van der Waals surface area contributed by atoms with Crippen LogP contribution in [0.3, 0.4) is 0 Å². The number of halogens is 1. The van der Waals surface area contributed by atoms with E-state index in [4.69, 9.17) is 5.41 Å². The van der Waals surface area contributed by atoms with E-state index in [1.165, 1.54) is 23.1 Å². The van der Waals surface area contributed by atoms with Gasteiger partial charge in [0.05, 0.1) is 11.5 Å². The molecule has 3 fully saturated rings. The van der Waals surface area contributed by atoms with Crippen molar-refractivity contribution in [1.29, 1.82) is 5.41 Å². The maximum Gasteiger partial charge on any atom is 0.322 e. The number of amidine groups is 1. The van der Waals surface area contributed by atoms with Gasteiger partial charge in [-0.25, -0.2) is 23.5 Å². The zero-order valence-corrected chi connectivity index (χ0v) is 35.8. The number of piperidine rings is 2. The molecular weight excluding hydrogens is 754 g/mol. The number of nitrogens with zero attached hydrogens (tertiary/aromatic N) is 5. The lowest BCUT2D eigenvalue weighted by molar-refractivity contribution is -0.119. The van der Waals surface area contributed by atoms with E-state index in [0.29, 0.717) is 42.4 Å². The fourth-order valence-corrected chi connectivity index (χ4v) is 9.90. The Morgan fingerprint density at radius 2 is 1.90 bits per heavy atom. The fraction of sp³-hybridized carbons (Fsp3) is 0.545. The molecule has 6 rings (SSSR count). The molecule has 2 amide bonds. The highest BCUT2D eigenvalue weighted by molar-refractivity contribution is 7.97. The second kappa shape index (κ2) is 18.7. The van der Waals surface area contributed by atoms with Crippen molar-refractivity contribution in [2.45, 2.75) is 114 Å². The average molecular weight is 814 g/mol. The predicted molar refractivity (Wildman–Crippen MR) is 230 cm³/mol. The summed E-state index contributed by atoms with van der Waals surface area (Å²) < 4.78 is 17.8. The summed E-state index contributed by atoms with van der Waals surface area (Å²) in [6.07, 6.45) is 5.82. The number of nitrogens with one attached hydrogen (secondary N) is 4. The Kier molecular flexibility index (Phi) is 13.9. The van der Waals surface area contributed by atoms with E-state index in [9.17, 15) is 14.4 Å². The van der Waals surface area contributed by atoms with Gasteiger partial charge in [-0.2, -0.15) is 0 Å². The van der Waals surface area contributed by atoms with Crippen molar-refractivity contribution in [3.63, 3.8) is 0 Å². The van der Waals surface area contributed by atoms with Gasteiger partial charge < -0.3 is 20.7 Å². The summed E-state index contributed by atoms with van der Waals surface area (Å²) >= 11 is 1.61. The molecule has 4 N–H and O–H groups in total. The number of hydrogen-bond acceptors (Lipinski definition) is 11. The number of alkyl halides is 1. The molecule has 2 aliphatic heterocycles. The molecule has 3 aromatic rings. The molecule has 3 aliphatic rings. The maximum atomic E-state index is 15.6. The minimum Gasteiger partial charge on any atom is -0.388 e. The number of hydrogen-bond donors (Lipinski definition) is 4. The van der Waals surface area contributed by atoms with Gasteiger partial charge in [0.25, 0.3) is 0 Å². The molecule has 0 bridgehead atoms. The largest absolute Gasteiger partial charge is 0.388 e. The third-order valence-electron chi connectivity index (χ3n) is 12.5. The van der Waals surface area contributed by atoms with Crippen LogP contribution >= 0.6 is 11.9 Å². The van der Waals surface area contributed by atoms with Crippen LogP contribution in [-0.2, 0) is 15.0 Å². The van der Waals surface area contributed by atoms with Crippen molar-refractivity contribution in [2.75, 3.05) is 50.9 Å². The molecule has 2 aromatic carbocycles. The second-order valence-electron chi connectivity index (χ2n) is 16.5. The number of carbonyl (C=O) groups is 3. The molecule has 1 aliphatic carbocycles. The van der Waals surface area contributed by atoms with E-state index in [-0.39, 0.29) is 36.7 Å². The first-order valence-electron chi connectivity index (χ1n) is 20.7. The van der Waals surface area contributed by atoms with Crippen LogP contribution in [0.1, 0.15) is 106 Å². The van der Waals surface area contributed by atoms with E-state index in [1.807, 2.05) is 20.0 Å². The van der Waals surface area contributed by atoms with Crippen molar-refractivity contribution in [1.82, 2.24) is 29.4 Å². The smallest absolute Gasteiger partial charge is 0.322 e. The van der Waals surface area contributed by atoms with Crippen molar-refractivity contribution >= 4 is 47.5 Å². The van der Waals surface area contributed by atoms with Crippen LogP contribution in [0.2, 0.25) is 0 Å². The lowest BCUT2D eigenvalue weighted by atomic mass is 9.80. The number of likely N-dealkylation sites (tertiary alicyclic amines) is 1. The number of benzene rings is 2. The van der Waals surface area contributed by atoms with Crippen LogP contribution in [0, 0.1) is 18.3 Å². The molecule has 1 aromatic heterocycles. The van der Waals surface area contributed by atoms with Gasteiger partial charge in [0, 0.05) is 85.8 Å². The lowest BCUT2D eigenvalue weighted by Gasteiger charge is -2.45. The standard InChI is InChI=1S/C44H60FN9O3S/c1-27(2)40-24-33(32-12-13-35(39(23-32)47-6)41(46)54(18-9-21-55)43(57)48-7)14-20-53(40)29(4)31-10-8-11-34(22-31)58-52-19-15-38(37(45)26-52)51-42-49-25-36(28(3)50-42)44(16-17-44)30(5)56/h8,10-13,21-23,25,27,29,33,37-38,40,46-47H,9,14-20,24,26H2,1-7H3,(H,48,57)(H,49,50,51). The first-order chi connectivity index (χ1) is 27.8. The Morgan fingerprint density at radius 3 is 2.53 bits per heavy atom. The van der Waals surface area contributed by atoms with Gasteiger partial charge in [-0.15, -0.1) is 0 Å². The highest BCUT2D eigenvalue weighted by Crippen LogP contribution is 2.49. The summed E-state index contributed by atoms with van der Waals surface area (Å²) in [5.41, 5.74) is 5.07. The van der Waals surface area contributed by atoms with Gasteiger partial charge in [-0.1, -0.05) is 32.0 Å². The zero-order valence-electron chi connectivity index (χ0n) is 35.0. The summed E-state index contributed by atoms with van der Waals surface area (Å²) in [5, 5.41) is 17.9. The molecule has 0 spiro atoms. The van der Waals surface area contributed by atoms with Crippen LogP contribution < -0.4 is 16.0 Å². The molecule has 58 heavy (non-hydrogen) atoms. The van der Waals surface area contributed by atoms with E-state index in [2.05, 4.69) is 92.3 Å². The number of Topliss-reactive ketones (excluding diaryl/α,β-unsaturated/α-hetero) is 1. The van der Waals surface area contributed by atoms with Crippen molar-refractivity contribution < 1.29 is 18.8 Å². The predicted octanol–water partition coefficient (Wildman–Crippen LogP) is 7.50. The Labute approximate surface area is 347 Å². The molecule has 1 saturated carbocycles. The average Bonchev–Trinajstić information content (AvgIpc) is 4.03. The second-order valence-corrected chi connectivity index (χ2v) is 17.6. The number of amides is 2. The monoisotopic (exact) mass is 813 g/mol. The van der Waals surface area contributed by atoms with Crippen molar-refractivity contribution in [3.8, 4) is 0 Å². The van der Waals surface area contributed by atoms with Crippen LogP contribution in [0.15, 0.2) is 53.6 Å². The van der Waals surface area contributed by atoms with E-state index in [1.54, 1.807) is 25.1 Å². The molecule has 0 radical (unpaired) electrons. The quantitative estimate of drug-likeness (QED) is 0.0527. The molecule has 5 unspecified atom stereocenters. The van der Waals surface area contributed by atoms with Gasteiger partial charge in [0.1, 0.15) is 24.1 Å². The lowest BCUT2D eigenvalue weighted by Crippen LogP contribution is -2.46. The zero-order chi connectivity index (χ0) is 41.7. The maximum absolute atomic E-state index is 15.6.